The Morgan fingerprint density at radius 2 is 2.26 bits per heavy atom. The highest BCUT2D eigenvalue weighted by molar-refractivity contribution is 9.10. The zero-order valence-electron chi connectivity index (χ0n) is 10.8. The lowest BCUT2D eigenvalue weighted by molar-refractivity contribution is -0.130. The van der Waals surface area contributed by atoms with E-state index in [0.29, 0.717) is 19.6 Å². The van der Waals surface area contributed by atoms with Gasteiger partial charge in [0.15, 0.2) is 0 Å². The summed E-state index contributed by atoms with van der Waals surface area (Å²) in [7, 11) is 0. The molecule has 1 saturated heterocycles. The second-order valence-corrected chi connectivity index (χ2v) is 5.63. The van der Waals surface area contributed by atoms with Gasteiger partial charge < -0.3 is 15.4 Å². The van der Waals surface area contributed by atoms with Crippen molar-refractivity contribution in [2.45, 2.75) is 25.3 Å². The fourth-order valence-corrected chi connectivity index (χ4v) is 2.54. The molecule has 0 radical (unpaired) electrons. The minimum absolute atomic E-state index is 0.153. The fourth-order valence-electron chi connectivity index (χ4n) is 2.14. The lowest BCUT2D eigenvalue weighted by Crippen LogP contribution is -2.31. The summed E-state index contributed by atoms with van der Waals surface area (Å²) < 4.78 is 6.57. The molecule has 2 N–H and O–H groups in total. The van der Waals surface area contributed by atoms with Gasteiger partial charge in [-0.15, -0.1) is 0 Å². The van der Waals surface area contributed by atoms with Gasteiger partial charge in [0.05, 0.1) is 11.1 Å². The van der Waals surface area contributed by atoms with Crippen molar-refractivity contribution in [2.24, 2.45) is 5.73 Å². The van der Waals surface area contributed by atoms with Crippen molar-refractivity contribution in [3.05, 3.63) is 28.7 Å². The first-order valence-electron chi connectivity index (χ1n) is 6.57. The Hall–Kier alpha value is -1.07. The third kappa shape index (κ3) is 4.21. The second-order valence-electron chi connectivity index (χ2n) is 4.77. The first kappa shape index (κ1) is 14.3. The van der Waals surface area contributed by atoms with E-state index in [1.54, 1.807) is 0 Å². The van der Waals surface area contributed by atoms with Crippen LogP contribution >= 0.6 is 15.9 Å². The van der Waals surface area contributed by atoms with E-state index >= 15 is 0 Å². The molecule has 5 heteroatoms. The number of hydrogen-bond donors (Lipinski definition) is 1. The van der Waals surface area contributed by atoms with Crippen LogP contribution in [0.25, 0.3) is 0 Å². The summed E-state index contributed by atoms with van der Waals surface area (Å²) >= 11 is 3.42. The van der Waals surface area contributed by atoms with Crippen molar-refractivity contribution in [3.63, 3.8) is 0 Å². The first-order chi connectivity index (χ1) is 9.16. The number of hydrogen-bond acceptors (Lipinski definition) is 3. The van der Waals surface area contributed by atoms with Gasteiger partial charge in [0.1, 0.15) is 5.75 Å². The number of likely N-dealkylation sites (tertiary alicyclic amines) is 1. The molecular formula is C14H19BrN2O2. The Bertz CT molecular complexity index is 439. The van der Waals surface area contributed by atoms with E-state index in [4.69, 9.17) is 10.5 Å². The smallest absolute Gasteiger partial charge is 0.222 e. The molecule has 1 heterocycles. The number of para-hydroxylation sites is 1. The van der Waals surface area contributed by atoms with Crippen LogP contribution in [0.2, 0.25) is 0 Å². The van der Waals surface area contributed by atoms with Crippen LogP contribution in [-0.4, -0.2) is 36.5 Å². The van der Waals surface area contributed by atoms with E-state index in [0.717, 1.165) is 29.6 Å². The van der Waals surface area contributed by atoms with Crippen molar-refractivity contribution in [2.75, 3.05) is 19.7 Å². The number of ether oxygens (including phenoxy) is 1. The van der Waals surface area contributed by atoms with E-state index < -0.39 is 0 Å². The number of rotatable bonds is 5. The number of carbonyl (C=O) groups excluding carboxylic acids is 1. The van der Waals surface area contributed by atoms with E-state index in [9.17, 15) is 4.79 Å². The minimum Gasteiger partial charge on any atom is -0.492 e. The van der Waals surface area contributed by atoms with Gasteiger partial charge in [0.2, 0.25) is 5.91 Å². The Labute approximate surface area is 122 Å². The van der Waals surface area contributed by atoms with Gasteiger partial charge in [0, 0.05) is 25.6 Å². The maximum atomic E-state index is 11.9. The van der Waals surface area contributed by atoms with Gasteiger partial charge in [-0.25, -0.2) is 0 Å². The van der Waals surface area contributed by atoms with Gasteiger partial charge in [-0.3, -0.25) is 4.79 Å². The summed E-state index contributed by atoms with van der Waals surface area (Å²) in [6, 6.07) is 7.87. The van der Waals surface area contributed by atoms with E-state index in [2.05, 4.69) is 15.9 Å². The number of halogens is 1. The summed E-state index contributed by atoms with van der Waals surface area (Å²) in [5, 5.41) is 0. The Kier molecular flexibility index (Phi) is 5.22. The van der Waals surface area contributed by atoms with Crippen molar-refractivity contribution >= 4 is 21.8 Å². The summed E-state index contributed by atoms with van der Waals surface area (Å²) in [5.74, 6) is 1.00. The average molecular weight is 327 g/mol. The Balaban J connectivity index is 1.67. The molecule has 1 atom stereocenters. The lowest BCUT2D eigenvalue weighted by Gasteiger charge is -2.15. The molecule has 1 aliphatic rings. The van der Waals surface area contributed by atoms with Gasteiger partial charge in [-0.05, 0) is 40.9 Å². The van der Waals surface area contributed by atoms with Gasteiger partial charge >= 0.3 is 0 Å². The SMILES string of the molecule is NC1CCN(C(=O)CCCOc2ccccc2Br)C1. The molecule has 0 bridgehead atoms. The van der Waals surface area contributed by atoms with Crippen LogP contribution in [0, 0.1) is 0 Å². The second kappa shape index (κ2) is 6.91. The maximum Gasteiger partial charge on any atom is 0.222 e. The van der Waals surface area contributed by atoms with Gasteiger partial charge in [-0.1, -0.05) is 12.1 Å². The molecule has 1 fully saturated rings. The molecule has 4 nitrogen and oxygen atoms in total. The topological polar surface area (TPSA) is 55.6 Å². The monoisotopic (exact) mass is 326 g/mol. The van der Waals surface area contributed by atoms with Crippen LogP contribution in [0.4, 0.5) is 0 Å². The summed E-state index contributed by atoms with van der Waals surface area (Å²) in [5.41, 5.74) is 5.79. The molecule has 0 saturated carbocycles. The fraction of sp³-hybridized carbons (Fsp3) is 0.500. The summed E-state index contributed by atoms with van der Waals surface area (Å²) in [6.07, 6.45) is 2.17. The zero-order chi connectivity index (χ0) is 13.7. The molecule has 1 aliphatic heterocycles. The molecule has 0 spiro atoms. The largest absolute Gasteiger partial charge is 0.492 e. The zero-order valence-corrected chi connectivity index (χ0v) is 12.4. The molecule has 1 unspecified atom stereocenters. The maximum absolute atomic E-state index is 11.9. The molecule has 2 rings (SSSR count). The van der Waals surface area contributed by atoms with Crippen LogP contribution in [0.1, 0.15) is 19.3 Å². The molecule has 19 heavy (non-hydrogen) atoms. The number of carbonyl (C=O) groups is 1. The van der Waals surface area contributed by atoms with Crippen LogP contribution in [0.3, 0.4) is 0 Å². The predicted octanol–water partition coefficient (Wildman–Crippen LogP) is 2.17. The van der Waals surface area contributed by atoms with Crippen LogP contribution in [-0.2, 0) is 4.79 Å². The third-order valence-corrected chi connectivity index (χ3v) is 3.86. The quantitative estimate of drug-likeness (QED) is 0.844. The molecule has 0 aromatic heterocycles. The standard InChI is InChI=1S/C14H19BrN2O2/c15-12-4-1-2-5-13(12)19-9-3-6-14(18)17-8-7-11(16)10-17/h1-2,4-5,11H,3,6-10,16H2. The number of nitrogens with two attached hydrogens (primary N) is 1. The van der Waals surface area contributed by atoms with Crippen molar-refractivity contribution in [1.29, 1.82) is 0 Å². The lowest BCUT2D eigenvalue weighted by atomic mass is 10.3. The number of benzene rings is 1. The van der Waals surface area contributed by atoms with Crippen molar-refractivity contribution in [3.8, 4) is 5.75 Å². The average Bonchev–Trinajstić information content (AvgIpc) is 2.83. The highest BCUT2D eigenvalue weighted by atomic mass is 79.9. The first-order valence-corrected chi connectivity index (χ1v) is 7.37. The van der Waals surface area contributed by atoms with E-state index in [1.165, 1.54) is 0 Å². The molecular weight excluding hydrogens is 308 g/mol. The van der Waals surface area contributed by atoms with Gasteiger partial charge in [0.25, 0.3) is 0 Å². The van der Waals surface area contributed by atoms with E-state index in [1.807, 2.05) is 29.2 Å². The van der Waals surface area contributed by atoms with Gasteiger partial charge in [-0.2, -0.15) is 0 Å². The molecule has 104 valence electrons. The van der Waals surface area contributed by atoms with Crippen molar-refractivity contribution < 1.29 is 9.53 Å². The van der Waals surface area contributed by atoms with Crippen LogP contribution < -0.4 is 10.5 Å². The Morgan fingerprint density at radius 1 is 1.47 bits per heavy atom. The summed E-state index contributed by atoms with van der Waals surface area (Å²) in [6.45, 7) is 2.04. The van der Waals surface area contributed by atoms with E-state index in [-0.39, 0.29) is 11.9 Å². The van der Waals surface area contributed by atoms with Crippen LogP contribution in [0.15, 0.2) is 28.7 Å². The van der Waals surface area contributed by atoms with Crippen molar-refractivity contribution in [1.82, 2.24) is 4.90 Å². The predicted molar refractivity (Wildman–Crippen MR) is 78.0 cm³/mol. The molecule has 1 aromatic rings. The number of amides is 1. The molecule has 1 aromatic carbocycles. The highest BCUT2D eigenvalue weighted by Gasteiger charge is 2.22. The molecule has 0 aliphatic carbocycles. The normalized spacial score (nSPS) is 18.6. The summed E-state index contributed by atoms with van der Waals surface area (Å²) in [4.78, 5) is 13.7. The minimum atomic E-state index is 0.153. The molecule has 1 amide bonds. The Morgan fingerprint density at radius 3 is 2.95 bits per heavy atom. The van der Waals surface area contributed by atoms with Crippen LogP contribution in [0.5, 0.6) is 5.75 Å². The highest BCUT2D eigenvalue weighted by Crippen LogP contribution is 2.23. The number of nitrogens with zero attached hydrogens (tertiary/aromatic N) is 1. The third-order valence-electron chi connectivity index (χ3n) is 3.21.